The first kappa shape index (κ1) is 19.2. The van der Waals surface area contributed by atoms with Crippen LogP contribution in [0.15, 0.2) is 54.7 Å². The monoisotopic (exact) mass is 381 g/mol. The van der Waals surface area contributed by atoms with Crippen molar-refractivity contribution in [2.24, 2.45) is 0 Å². The Morgan fingerprint density at radius 2 is 1.85 bits per heavy atom. The van der Waals surface area contributed by atoms with Crippen LogP contribution in [0, 0.1) is 0 Å². The molecule has 27 heavy (non-hydrogen) atoms. The van der Waals surface area contributed by atoms with Crippen LogP contribution in [-0.2, 0) is 0 Å². The number of anilines is 1. The summed E-state index contributed by atoms with van der Waals surface area (Å²) in [4.78, 5) is 19.4. The molecule has 3 rings (SSSR count). The summed E-state index contributed by atoms with van der Waals surface area (Å²) >= 11 is 6.24. The highest BCUT2D eigenvalue weighted by atomic mass is 35.5. The number of hydrogen-bond donors (Lipinski definition) is 1. The van der Waals surface area contributed by atoms with Gasteiger partial charge in [0.25, 0.3) is 5.91 Å². The van der Waals surface area contributed by atoms with E-state index < -0.39 is 0 Å². The van der Waals surface area contributed by atoms with E-state index in [0.717, 1.165) is 22.2 Å². The maximum absolute atomic E-state index is 13.1. The molecule has 0 spiro atoms. The largest absolute Gasteiger partial charge is 0.377 e. The van der Waals surface area contributed by atoms with Gasteiger partial charge in [-0.2, -0.15) is 0 Å². The quantitative estimate of drug-likeness (QED) is 0.609. The third kappa shape index (κ3) is 4.06. The van der Waals surface area contributed by atoms with E-state index in [-0.39, 0.29) is 11.9 Å². The van der Waals surface area contributed by atoms with Gasteiger partial charge in [-0.25, -0.2) is 0 Å². The van der Waals surface area contributed by atoms with Crippen LogP contribution in [0.2, 0.25) is 5.02 Å². The molecule has 1 amide bonds. The molecule has 1 N–H and O–H groups in total. The third-order valence-corrected chi connectivity index (χ3v) is 5.01. The number of carbonyl (C=O) groups is 1. The summed E-state index contributed by atoms with van der Waals surface area (Å²) in [7, 11) is 0. The van der Waals surface area contributed by atoms with E-state index in [4.69, 9.17) is 11.6 Å². The number of rotatable bonds is 6. The number of fused-ring (bicyclic) bond motifs is 1. The predicted molar refractivity (Wildman–Crippen MR) is 112 cm³/mol. The molecule has 0 radical (unpaired) electrons. The summed E-state index contributed by atoms with van der Waals surface area (Å²) in [6, 6.07) is 15.7. The molecule has 5 heteroatoms. The van der Waals surface area contributed by atoms with Gasteiger partial charge in [0.1, 0.15) is 0 Å². The highest BCUT2D eigenvalue weighted by Crippen LogP contribution is 2.32. The van der Waals surface area contributed by atoms with Crippen LogP contribution in [0.5, 0.6) is 0 Å². The molecular weight excluding hydrogens is 358 g/mol. The zero-order valence-corrected chi connectivity index (χ0v) is 16.6. The van der Waals surface area contributed by atoms with E-state index in [1.807, 2.05) is 50.2 Å². The van der Waals surface area contributed by atoms with Gasteiger partial charge in [0.15, 0.2) is 0 Å². The van der Waals surface area contributed by atoms with Gasteiger partial charge in [-0.1, -0.05) is 41.9 Å². The summed E-state index contributed by atoms with van der Waals surface area (Å²) < 4.78 is 0. The number of benzene rings is 2. The molecule has 0 saturated carbocycles. The number of hydrogen-bond acceptors (Lipinski definition) is 3. The number of nitrogens with zero attached hydrogens (tertiary/aromatic N) is 2. The molecule has 1 aromatic heterocycles. The van der Waals surface area contributed by atoms with Crippen LogP contribution in [0.3, 0.4) is 0 Å². The van der Waals surface area contributed by atoms with Crippen molar-refractivity contribution >= 4 is 34.1 Å². The van der Waals surface area contributed by atoms with Gasteiger partial charge in [-0.15, -0.1) is 0 Å². The summed E-state index contributed by atoms with van der Waals surface area (Å²) in [6.45, 7) is 7.34. The zero-order chi connectivity index (χ0) is 19.4. The molecular formula is C22H24ClN3O. The number of amides is 1. The Bertz CT molecular complexity index is 939. The molecule has 4 nitrogen and oxygen atoms in total. The summed E-state index contributed by atoms with van der Waals surface area (Å²) in [6.07, 6.45) is 1.66. The maximum atomic E-state index is 13.1. The summed E-state index contributed by atoms with van der Waals surface area (Å²) in [5, 5.41) is 5.00. The average molecular weight is 382 g/mol. The standard InChI is InChI=1S/C22H24ClN3O/c1-4-26(5-2)22(27)19-14-24-20-12-11-17(23)13-18(20)21(19)25-15(3)16-9-7-6-8-10-16/h6-15H,4-5H2,1-3H3,(H,24,25)/t15-/m0/s1. The minimum atomic E-state index is -0.0304. The van der Waals surface area contributed by atoms with Gasteiger partial charge in [0, 0.05) is 35.7 Å². The fourth-order valence-electron chi connectivity index (χ4n) is 3.21. The predicted octanol–water partition coefficient (Wildman–Crippen LogP) is 5.54. The van der Waals surface area contributed by atoms with E-state index in [1.54, 1.807) is 11.1 Å². The lowest BCUT2D eigenvalue weighted by Crippen LogP contribution is -2.31. The molecule has 0 aliphatic heterocycles. The number of halogens is 1. The minimum Gasteiger partial charge on any atom is -0.377 e. The lowest BCUT2D eigenvalue weighted by Gasteiger charge is -2.24. The van der Waals surface area contributed by atoms with Crippen molar-refractivity contribution in [2.75, 3.05) is 18.4 Å². The fourth-order valence-corrected chi connectivity index (χ4v) is 3.38. The molecule has 140 valence electrons. The maximum Gasteiger partial charge on any atom is 0.257 e. The normalized spacial score (nSPS) is 12.0. The van der Waals surface area contributed by atoms with Crippen molar-refractivity contribution < 1.29 is 4.79 Å². The van der Waals surface area contributed by atoms with Crippen molar-refractivity contribution in [3.05, 3.63) is 70.9 Å². The molecule has 0 bridgehead atoms. The number of nitrogens with one attached hydrogen (secondary N) is 1. The van der Waals surface area contributed by atoms with Crippen molar-refractivity contribution in [2.45, 2.75) is 26.8 Å². The van der Waals surface area contributed by atoms with Crippen LogP contribution in [0.25, 0.3) is 10.9 Å². The van der Waals surface area contributed by atoms with Crippen LogP contribution in [-0.4, -0.2) is 28.9 Å². The Morgan fingerprint density at radius 1 is 1.15 bits per heavy atom. The molecule has 0 aliphatic carbocycles. The van der Waals surface area contributed by atoms with E-state index in [1.165, 1.54) is 0 Å². The number of pyridine rings is 1. The highest BCUT2D eigenvalue weighted by Gasteiger charge is 2.21. The third-order valence-electron chi connectivity index (χ3n) is 4.77. The van der Waals surface area contributed by atoms with Crippen LogP contribution in [0.4, 0.5) is 5.69 Å². The Morgan fingerprint density at radius 3 is 2.52 bits per heavy atom. The van der Waals surface area contributed by atoms with Gasteiger partial charge < -0.3 is 10.2 Å². The van der Waals surface area contributed by atoms with Gasteiger partial charge in [0.05, 0.1) is 16.8 Å². The van der Waals surface area contributed by atoms with Crippen molar-refractivity contribution in [1.29, 1.82) is 0 Å². The molecule has 1 atom stereocenters. The van der Waals surface area contributed by atoms with Crippen LogP contribution < -0.4 is 5.32 Å². The van der Waals surface area contributed by atoms with E-state index in [9.17, 15) is 4.79 Å². The smallest absolute Gasteiger partial charge is 0.257 e. The van der Waals surface area contributed by atoms with Gasteiger partial charge >= 0.3 is 0 Å². The molecule has 0 unspecified atom stereocenters. The Balaban J connectivity index is 2.12. The van der Waals surface area contributed by atoms with Crippen LogP contribution >= 0.6 is 11.6 Å². The van der Waals surface area contributed by atoms with E-state index in [2.05, 4.69) is 29.4 Å². The SMILES string of the molecule is CCN(CC)C(=O)c1cnc2ccc(Cl)cc2c1N[C@@H](C)c1ccccc1. The summed E-state index contributed by atoms with van der Waals surface area (Å²) in [5.41, 5.74) is 3.29. The van der Waals surface area contributed by atoms with Crippen molar-refractivity contribution in [1.82, 2.24) is 9.88 Å². The van der Waals surface area contributed by atoms with E-state index >= 15 is 0 Å². The first-order valence-corrected chi connectivity index (χ1v) is 9.62. The Kier molecular flexibility index (Phi) is 5.97. The van der Waals surface area contributed by atoms with Gasteiger partial charge in [-0.05, 0) is 44.5 Å². The number of carbonyl (C=O) groups excluding carboxylic acids is 1. The zero-order valence-electron chi connectivity index (χ0n) is 15.9. The molecule has 2 aromatic carbocycles. The van der Waals surface area contributed by atoms with Crippen molar-refractivity contribution in [3.8, 4) is 0 Å². The lowest BCUT2D eigenvalue weighted by atomic mass is 10.0. The Hall–Kier alpha value is -2.59. The van der Waals surface area contributed by atoms with Crippen LogP contribution in [0.1, 0.15) is 42.7 Å². The van der Waals surface area contributed by atoms with Gasteiger partial charge in [-0.3, -0.25) is 9.78 Å². The minimum absolute atomic E-state index is 0.0269. The first-order chi connectivity index (χ1) is 13.0. The fraction of sp³-hybridized carbons (Fsp3) is 0.273. The Labute approximate surface area is 165 Å². The lowest BCUT2D eigenvalue weighted by molar-refractivity contribution is 0.0773. The first-order valence-electron chi connectivity index (χ1n) is 9.24. The van der Waals surface area contributed by atoms with Crippen molar-refractivity contribution in [3.63, 3.8) is 0 Å². The molecule has 3 aromatic rings. The number of aromatic nitrogens is 1. The second-order valence-corrected chi connectivity index (χ2v) is 6.90. The molecule has 0 saturated heterocycles. The van der Waals surface area contributed by atoms with E-state index in [0.29, 0.717) is 23.7 Å². The molecule has 0 fully saturated rings. The second kappa shape index (κ2) is 8.40. The van der Waals surface area contributed by atoms with Gasteiger partial charge in [0.2, 0.25) is 0 Å². The average Bonchev–Trinajstić information content (AvgIpc) is 2.69. The summed E-state index contributed by atoms with van der Waals surface area (Å²) in [5.74, 6) is -0.0304. The topological polar surface area (TPSA) is 45.2 Å². The second-order valence-electron chi connectivity index (χ2n) is 6.46. The highest BCUT2D eigenvalue weighted by molar-refractivity contribution is 6.31. The molecule has 1 heterocycles. The molecule has 0 aliphatic rings.